The van der Waals surface area contributed by atoms with Gasteiger partial charge in [-0.2, -0.15) is 5.26 Å². The zero-order valence-corrected chi connectivity index (χ0v) is 11.6. The minimum atomic E-state index is -0.411. The molecule has 0 saturated heterocycles. The summed E-state index contributed by atoms with van der Waals surface area (Å²) in [5.74, 6) is 0.669. The van der Waals surface area contributed by atoms with Crippen LogP contribution >= 0.6 is 0 Å². The Morgan fingerprint density at radius 1 is 1.45 bits per heavy atom. The molecule has 0 spiro atoms. The summed E-state index contributed by atoms with van der Waals surface area (Å²) in [5, 5.41) is 22.4. The first-order chi connectivity index (χ1) is 9.69. The van der Waals surface area contributed by atoms with Crippen molar-refractivity contribution >= 4 is 5.69 Å². The maximum absolute atomic E-state index is 10.8. The quantitative estimate of drug-likeness (QED) is 0.426. The van der Waals surface area contributed by atoms with Crippen LogP contribution in [0.4, 0.5) is 5.69 Å². The van der Waals surface area contributed by atoms with Crippen molar-refractivity contribution in [3.05, 3.63) is 33.9 Å². The summed E-state index contributed by atoms with van der Waals surface area (Å²) in [5.41, 5.74) is 0.844. The summed E-state index contributed by atoms with van der Waals surface area (Å²) >= 11 is 0. The van der Waals surface area contributed by atoms with Gasteiger partial charge in [-0.1, -0.05) is 0 Å². The van der Waals surface area contributed by atoms with Gasteiger partial charge >= 0.3 is 0 Å². The lowest BCUT2D eigenvalue weighted by Crippen LogP contribution is -2.15. The zero-order valence-electron chi connectivity index (χ0n) is 11.6. The monoisotopic (exact) mass is 277 g/mol. The lowest BCUT2D eigenvalue weighted by atomic mass is 10.1. The van der Waals surface area contributed by atoms with Crippen molar-refractivity contribution in [2.75, 3.05) is 13.2 Å². The highest BCUT2D eigenvalue weighted by Gasteiger charge is 2.11. The van der Waals surface area contributed by atoms with Gasteiger partial charge in [-0.3, -0.25) is 10.1 Å². The van der Waals surface area contributed by atoms with E-state index in [1.807, 2.05) is 6.92 Å². The maximum atomic E-state index is 10.8. The van der Waals surface area contributed by atoms with E-state index in [2.05, 4.69) is 11.4 Å². The molecule has 1 N–H and O–H groups in total. The molecule has 1 aromatic carbocycles. The summed E-state index contributed by atoms with van der Waals surface area (Å²) in [6.07, 6.45) is 2.33. The zero-order chi connectivity index (χ0) is 14.8. The molecule has 1 aromatic rings. The number of nitriles is 1. The fourth-order valence-electron chi connectivity index (χ4n) is 1.79. The summed E-state index contributed by atoms with van der Waals surface area (Å²) in [7, 11) is 0. The van der Waals surface area contributed by atoms with Gasteiger partial charge in [0, 0.05) is 30.7 Å². The Kier molecular flexibility index (Phi) is 7.07. The van der Waals surface area contributed by atoms with Crippen molar-refractivity contribution in [3.8, 4) is 11.8 Å². The fourth-order valence-corrected chi connectivity index (χ4v) is 1.79. The van der Waals surface area contributed by atoms with Crippen molar-refractivity contribution in [1.29, 1.82) is 5.26 Å². The van der Waals surface area contributed by atoms with Gasteiger partial charge in [-0.15, -0.1) is 0 Å². The van der Waals surface area contributed by atoms with Gasteiger partial charge in [0.05, 0.1) is 17.6 Å². The van der Waals surface area contributed by atoms with Crippen LogP contribution in [0.2, 0.25) is 0 Å². The molecule has 0 aliphatic heterocycles. The maximum Gasteiger partial charge on any atom is 0.270 e. The van der Waals surface area contributed by atoms with Crippen LogP contribution in [0.1, 0.15) is 31.7 Å². The normalized spacial score (nSPS) is 10.0. The van der Waals surface area contributed by atoms with Gasteiger partial charge in [0.2, 0.25) is 0 Å². The van der Waals surface area contributed by atoms with E-state index >= 15 is 0 Å². The summed E-state index contributed by atoms with van der Waals surface area (Å²) in [6.45, 7) is 3.69. The van der Waals surface area contributed by atoms with Crippen molar-refractivity contribution in [2.45, 2.75) is 32.7 Å². The molecule has 0 radical (unpaired) electrons. The molecule has 6 nitrogen and oxygen atoms in total. The van der Waals surface area contributed by atoms with Crippen molar-refractivity contribution in [1.82, 2.24) is 5.32 Å². The lowest BCUT2D eigenvalue weighted by molar-refractivity contribution is -0.384. The van der Waals surface area contributed by atoms with Gasteiger partial charge in [0.15, 0.2) is 0 Å². The number of hydrogen-bond acceptors (Lipinski definition) is 5. The van der Waals surface area contributed by atoms with Crippen molar-refractivity contribution < 1.29 is 9.66 Å². The minimum Gasteiger partial charge on any atom is -0.494 e. The Morgan fingerprint density at radius 3 is 2.90 bits per heavy atom. The third-order valence-corrected chi connectivity index (χ3v) is 2.76. The molecule has 0 aliphatic carbocycles. The van der Waals surface area contributed by atoms with Crippen LogP contribution in [0.25, 0.3) is 0 Å². The van der Waals surface area contributed by atoms with Gasteiger partial charge in [0.25, 0.3) is 5.69 Å². The first kappa shape index (κ1) is 15.9. The highest BCUT2D eigenvalue weighted by molar-refractivity contribution is 5.43. The molecule has 0 saturated carbocycles. The second-order valence-electron chi connectivity index (χ2n) is 4.27. The summed E-state index contributed by atoms with van der Waals surface area (Å²) in [4.78, 5) is 10.4. The number of nitrogens with one attached hydrogen (secondary N) is 1. The van der Waals surface area contributed by atoms with Crippen molar-refractivity contribution in [3.63, 3.8) is 0 Å². The molecular formula is C14H19N3O3. The molecule has 1 rings (SSSR count). The van der Waals surface area contributed by atoms with Crippen LogP contribution in [0, 0.1) is 21.4 Å². The van der Waals surface area contributed by atoms with Crippen LogP contribution in [0.15, 0.2) is 18.2 Å². The van der Waals surface area contributed by atoms with Crippen LogP contribution in [-0.4, -0.2) is 18.1 Å². The predicted molar refractivity (Wildman–Crippen MR) is 75.4 cm³/mol. The molecule has 0 amide bonds. The summed E-state index contributed by atoms with van der Waals surface area (Å²) in [6, 6.07) is 6.71. The fraction of sp³-hybridized carbons (Fsp3) is 0.500. The van der Waals surface area contributed by atoms with Gasteiger partial charge in [-0.25, -0.2) is 0 Å². The average Bonchev–Trinajstić information content (AvgIpc) is 2.44. The van der Waals surface area contributed by atoms with E-state index in [0.29, 0.717) is 25.3 Å². The number of rotatable bonds is 9. The topological polar surface area (TPSA) is 88.2 Å². The predicted octanol–water partition coefficient (Wildman–Crippen LogP) is 2.78. The molecule has 0 fully saturated rings. The van der Waals surface area contributed by atoms with E-state index in [4.69, 9.17) is 10.00 Å². The molecule has 20 heavy (non-hydrogen) atoms. The van der Waals surface area contributed by atoms with E-state index in [0.717, 1.165) is 24.9 Å². The third-order valence-electron chi connectivity index (χ3n) is 2.76. The largest absolute Gasteiger partial charge is 0.494 e. The van der Waals surface area contributed by atoms with Crippen LogP contribution in [0.5, 0.6) is 5.75 Å². The number of non-ortho nitro benzene ring substituents is 1. The van der Waals surface area contributed by atoms with Crippen LogP contribution in [0.3, 0.4) is 0 Å². The standard InChI is InChI=1S/C14H19N3O3/c1-2-20-14-7-6-13(17(18)19)10-12(14)11-16-9-5-3-4-8-15/h6-7,10,16H,2-5,9,11H2,1H3. The Hall–Kier alpha value is -2.13. The van der Waals surface area contributed by atoms with Gasteiger partial charge in [0.1, 0.15) is 5.75 Å². The van der Waals surface area contributed by atoms with Crippen LogP contribution in [-0.2, 0) is 6.54 Å². The summed E-state index contributed by atoms with van der Waals surface area (Å²) < 4.78 is 5.46. The number of nitrogens with zero attached hydrogens (tertiary/aromatic N) is 2. The first-order valence-corrected chi connectivity index (χ1v) is 6.66. The second-order valence-corrected chi connectivity index (χ2v) is 4.27. The number of hydrogen-bond donors (Lipinski definition) is 1. The molecule has 0 aliphatic rings. The van der Waals surface area contributed by atoms with E-state index < -0.39 is 4.92 Å². The van der Waals surface area contributed by atoms with Crippen molar-refractivity contribution in [2.24, 2.45) is 0 Å². The Labute approximate surface area is 118 Å². The third kappa shape index (κ3) is 5.24. The molecule has 6 heteroatoms. The lowest BCUT2D eigenvalue weighted by Gasteiger charge is -2.10. The highest BCUT2D eigenvalue weighted by Crippen LogP contribution is 2.24. The Balaban J connectivity index is 2.58. The Morgan fingerprint density at radius 2 is 2.25 bits per heavy atom. The van der Waals surface area contributed by atoms with Gasteiger partial charge < -0.3 is 10.1 Å². The van der Waals surface area contributed by atoms with E-state index in [9.17, 15) is 10.1 Å². The van der Waals surface area contributed by atoms with Gasteiger partial charge in [-0.05, 0) is 32.4 Å². The van der Waals surface area contributed by atoms with Crippen LogP contribution < -0.4 is 10.1 Å². The highest BCUT2D eigenvalue weighted by atomic mass is 16.6. The molecule has 0 aromatic heterocycles. The Bertz CT molecular complexity index is 483. The number of unbranched alkanes of at least 4 members (excludes halogenated alkanes) is 2. The van der Waals surface area contributed by atoms with E-state index in [1.54, 1.807) is 6.07 Å². The molecular weight excluding hydrogens is 258 g/mol. The molecule has 0 bridgehead atoms. The number of benzene rings is 1. The van der Waals surface area contributed by atoms with E-state index in [-0.39, 0.29) is 5.69 Å². The van der Waals surface area contributed by atoms with E-state index in [1.165, 1.54) is 12.1 Å². The number of ether oxygens (including phenoxy) is 1. The smallest absolute Gasteiger partial charge is 0.270 e. The molecule has 0 atom stereocenters. The molecule has 0 unspecified atom stereocenters. The first-order valence-electron chi connectivity index (χ1n) is 6.66. The second kappa shape index (κ2) is 8.88. The average molecular weight is 277 g/mol. The molecule has 0 heterocycles. The number of nitro groups is 1. The SMILES string of the molecule is CCOc1ccc([N+](=O)[O-])cc1CNCCCCC#N. The molecule has 108 valence electrons. The number of nitro benzene ring substituents is 1. The minimum absolute atomic E-state index is 0.0646.